The van der Waals surface area contributed by atoms with Gasteiger partial charge in [-0.2, -0.15) is 5.10 Å². The third kappa shape index (κ3) is 2.52. The van der Waals surface area contributed by atoms with E-state index in [-0.39, 0.29) is 0 Å². The van der Waals surface area contributed by atoms with Crippen molar-refractivity contribution in [2.24, 2.45) is 5.10 Å². The van der Waals surface area contributed by atoms with Crippen LogP contribution in [-0.4, -0.2) is 27.5 Å². The molecule has 0 aliphatic heterocycles. The maximum absolute atomic E-state index is 5.49. The fraction of sp³-hybridized carbons (Fsp3) is 0.250. The fourth-order valence-corrected chi connectivity index (χ4v) is 2.29. The average Bonchev–Trinajstić information content (AvgIpc) is 2.88. The smallest absolute Gasteiger partial charge is 0.157 e. The molecular formula is C16H17N4O. The first-order chi connectivity index (χ1) is 10.3. The van der Waals surface area contributed by atoms with Gasteiger partial charge >= 0.3 is 0 Å². The van der Waals surface area contributed by atoms with Crippen LogP contribution in [0.2, 0.25) is 0 Å². The zero-order chi connectivity index (χ0) is 14.7. The number of ether oxygens (including phenoxy) is 1. The van der Waals surface area contributed by atoms with Crippen LogP contribution in [0.3, 0.4) is 0 Å². The highest BCUT2D eigenvalue weighted by molar-refractivity contribution is 6.02. The Morgan fingerprint density at radius 2 is 2.19 bits per heavy atom. The summed E-state index contributed by atoms with van der Waals surface area (Å²) >= 11 is 0. The zero-order valence-corrected chi connectivity index (χ0v) is 12.0. The molecule has 0 atom stereocenters. The number of hydrogen-bond acceptors (Lipinski definition) is 4. The van der Waals surface area contributed by atoms with E-state index in [2.05, 4.69) is 22.0 Å². The van der Waals surface area contributed by atoms with Crippen LogP contribution >= 0.6 is 0 Å². The van der Waals surface area contributed by atoms with Gasteiger partial charge in [-0.1, -0.05) is 18.2 Å². The Labute approximate surface area is 123 Å². The van der Waals surface area contributed by atoms with Crippen molar-refractivity contribution in [2.45, 2.75) is 20.0 Å². The number of pyridine rings is 1. The second-order valence-electron chi connectivity index (χ2n) is 4.57. The normalized spacial score (nSPS) is 11.9. The summed E-state index contributed by atoms with van der Waals surface area (Å²) in [6.07, 6.45) is 4.17. The molecule has 0 fully saturated rings. The van der Waals surface area contributed by atoms with Crippen molar-refractivity contribution in [1.82, 2.24) is 14.6 Å². The van der Waals surface area contributed by atoms with Gasteiger partial charge in [-0.3, -0.25) is 4.98 Å². The van der Waals surface area contributed by atoms with Gasteiger partial charge in [0.25, 0.3) is 0 Å². The molecule has 21 heavy (non-hydrogen) atoms. The van der Waals surface area contributed by atoms with Crippen molar-refractivity contribution < 1.29 is 4.74 Å². The number of imidazole rings is 1. The molecule has 0 aliphatic rings. The molecule has 107 valence electrons. The second kappa shape index (κ2) is 6.01. The van der Waals surface area contributed by atoms with Crippen molar-refractivity contribution in [3.05, 3.63) is 43.2 Å². The van der Waals surface area contributed by atoms with Gasteiger partial charge in [-0.05, 0) is 26.3 Å². The highest BCUT2D eigenvalue weighted by Gasteiger charge is 2.13. The first-order valence-corrected chi connectivity index (χ1v) is 7.00. The predicted octanol–water partition coefficient (Wildman–Crippen LogP) is 3.18. The summed E-state index contributed by atoms with van der Waals surface area (Å²) in [6.45, 7) is 6.82. The predicted molar refractivity (Wildman–Crippen MR) is 84.2 cm³/mol. The summed E-state index contributed by atoms with van der Waals surface area (Å²) < 4.78 is 7.32. The van der Waals surface area contributed by atoms with Crippen molar-refractivity contribution in [3.8, 4) is 0 Å². The van der Waals surface area contributed by atoms with E-state index in [4.69, 9.17) is 4.74 Å². The third-order valence-corrected chi connectivity index (χ3v) is 3.20. The lowest BCUT2D eigenvalue weighted by atomic mass is 10.2. The monoisotopic (exact) mass is 281 g/mol. The molecule has 2 heterocycles. The van der Waals surface area contributed by atoms with Crippen LogP contribution in [-0.2, 0) is 11.3 Å². The minimum atomic E-state index is 0.425. The standard InChI is InChI=1S/C16H17N4O/c1-3-9-18-20-15(11-21-4-2)19-14-10-17-13-8-6-5-7-12(13)16(14)20/h5-10H,1,3-4,11H2,2H3/b18-9+. The SMILES string of the molecule is [CH2]C/C=N/n1c(COCC)nc2cnc3ccccc3c21. The average molecular weight is 281 g/mol. The Morgan fingerprint density at radius 1 is 1.33 bits per heavy atom. The summed E-state index contributed by atoms with van der Waals surface area (Å²) in [5.74, 6) is 0.773. The molecule has 1 radical (unpaired) electrons. The van der Waals surface area contributed by atoms with Crippen molar-refractivity contribution in [2.75, 3.05) is 6.61 Å². The van der Waals surface area contributed by atoms with E-state index in [1.807, 2.05) is 35.9 Å². The van der Waals surface area contributed by atoms with Crippen LogP contribution in [0, 0.1) is 6.92 Å². The molecule has 0 saturated heterocycles. The molecule has 0 N–H and O–H groups in total. The molecule has 0 unspecified atom stereocenters. The Morgan fingerprint density at radius 3 is 3.00 bits per heavy atom. The first kappa shape index (κ1) is 13.7. The number of hydrogen-bond donors (Lipinski definition) is 0. The fourth-order valence-electron chi connectivity index (χ4n) is 2.29. The Hall–Kier alpha value is -2.27. The van der Waals surface area contributed by atoms with E-state index in [1.54, 1.807) is 12.4 Å². The Kier molecular flexibility index (Phi) is 3.92. The minimum absolute atomic E-state index is 0.425. The molecule has 1 aromatic carbocycles. The molecule has 3 rings (SSSR count). The van der Waals surface area contributed by atoms with E-state index >= 15 is 0 Å². The lowest BCUT2D eigenvalue weighted by Gasteiger charge is -2.04. The topological polar surface area (TPSA) is 52.3 Å². The number of benzene rings is 1. The molecule has 0 bridgehead atoms. The molecule has 0 spiro atoms. The summed E-state index contributed by atoms with van der Waals surface area (Å²) in [7, 11) is 0. The van der Waals surface area contributed by atoms with Crippen LogP contribution in [0.1, 0.15) is 19.2 Å². The van der Waals surface area contributed by atoms with Crippen molar-refractivity contribution in [1.29, 1.82) is 0 Å². The number of aromatic nitrogens is 3. The van der Waals surface area contributed by atoms with E-state index in [0.717, 1.165) is 27.8 Å². The van der Waals surface area contributed by atoms with Crippen LogP contribution in [0.25, 0.3) is 21.9 Å². The van der Waals surface area contributed by atoms with Gasteiger partial charge in [-0.25, -0.2) is 9.66 Å². The van der Waals surface area contributed by atoms with Crippen LogP contribution in [0.5, 0.6) is 0 Å². The molecule has 2 aromatic heterocycles. The van der Waals surface area contributed by atoms with Gasteiger partial charge in [-0.15, -0.1) is 0 Å². The van der Waals surface area contributed by atoms with Gasteiger partial charge in [0.15, 0.2) is 5.82 Å². The molecule has 3 aromatic rings. The highest BCUT2D eigenvalue weighted by Crippen LogP contribution is 2.24. The highest BCUT2D eigenvalue weighted by atomic mass is 16.5. The quantitative estimate of drug-likeness (QED) is 0.675. The zero-order valence-electron chi connectivity index (χ0n) is 12.0. The lowest BCUT2D eigenvalue weighted by Crippen LogP contribution is -2.01. The lowest BCUT2D eigenvalue weighted by molar-refractivity contribution is 0.126. The largest absolute Gasteiger partial charge is 0.374 e. The van der Waals surface area contributed by atoms with Gasteiger partial charge in [0, 0.05) is 18.2 Å². The maximum atomic E-state index is 5.49. The summed E-state index contributed by atoms with van der Waals surface area (Å²) in [6, 6.07) is 7.99. The Bertz CT molecular complexity index is 791. The van der Waals surface area contributed by atoms with Crippen LogP contribution in [0.15, 0.2) is 35.6 Å². The molecular weight excluding hydrogens is 264 g/mol. The molecule has 0 aliphatic carbocycles. The summed E-state index contributed by atoms with van der Waals surface area (Å²) in [4.78, 5) is 9.04. The second-order valence-corrected chi connectivity index (χ2v) is 4.57. The Balaban J connectivity index is 2.27. The number of fused-ring (bicyclic) bond motifs is 3. The van der Waals surface area contributed by atoms with E-state index < -0.39 is 0 Å². The number of para-hydroxylation sites is 1. The maximum Gasteiger partial charge on any atom is 0.157 e. The van der Waals surface area contributed by atoms with Gasteiger partial charge in [0.1, 0.15) is 17.6 Å². The van der Waals surface area contributed by atoms with E-state index in [0.29, 0.717) is 19.6 Å². The summed E-state index contributed by atoms with van der Waals surface area (Å²) in [5.41, 5.74) is 2.71. The number of rotatable bonds is 5. The molecule has 0 amide bonds. The minimum Gasteiger partial charge on any atom is -0.374 e. The molecule has 0 saturated carbocycles. The van der Waals surface area contributed by atoms with Gasteiger partial charge in [0.2, 0.25) is 0 Å². The van der Waals surface area contributed by atoms with Crippen molar-refractivity contribution >= 4 is 28.2 Å². The van der Waals surface area contributed by atoms with Crippen LogP contribution < -0.4 is 0 Å². The number of nitrogens with zero attached hydrogens (tertiary/aromatic N) is 4. The summed E-state index contributed by atoms with van der Waals surface area (Å²) in [5, 5.41) is 5.51. The van der Waals surface area contributed by atoms with E-state index in [9.17, 15) is 0 Å². The van der Waals surface area contributed by atoms with Crippen molar-refractivity contribution in [3.63, 3.8) is 0 Å². The molecule has 5 heteroatoms. The third-order valence-electron chi connectivity index (χ3n) is 3.20. The van der Waals surface area contributed by atoms with Gasteiger partial charge in [0.05, 0.1) is 11.7 Å². The first-order valence-electron chi connectivity index (χ1n) is 7.00. The van der Waals surface area contributed by atoms with Gasteiger partial charge < -0.3 is 4.74 Å². The van der Waals surface area contributed by atoms with Crippen LogP contribution in [0.4, 0.5) is 0 Å². The molecule has 5 nitrogen and oxygen atoms in total. The van der Waals surface area contributed by atoms with E-state index in [1.165, 1.54) is 0 Å².